The molecule has 122 valence electrons. The smallest absolute Gasteiger partial charge is 0.416 e. The predicted octanol–water partition coefficient (Wildman–Crippen LogP) is 4.37. The van der Waals surface area contributed by atoms with Gasteiger partial charge < -0.3 is 10.4 Å². The molecule has 0 radical (unpaired) electrons. The van der Waals surface area contributed by atoms with E-state index >= 15 is 0 Å². The van der Waals surface area contributed by atoms with Crippen molar-refractivity contribution in [3.63, 3.8) is 0 Å². The van der Waals surface area contributed by atoms with E-state index in [2.05, 4.69) is 5.32 Å². The lowest BCUT2D eigenvalue weighted by atomic mass is 10.1. The number of rotatable bonds is 5. The van der Waals surface area contributed by atoms with Gasteiger partial charge in [0.15, 0.2) is 0 Å². The van der Waals surface area contributed by atoms with Crippen molar-refractivity contribution in [1.82, 2.24) is 0 Å². The molecule has 0 aliphatic heterocycles. The summed E-state index contributed by atoms with van der Waals surface area (Å²) in [5.74, 6) is -0.0621. The summed E-state index contributed by atoms with van der Waals surface area (Å²) in [5.41, 5.74) is 0.670. The molecule has 0 fully saturated rings. The van der Waals surface area contributed by atoms with Crippen molar-refractivity contribution in [1.29, 1.82) is 0 Å². The lowest BCUT2D eigenvalue weighted by molar-refractivity contribution is -0.137. The standard InChI is InChI=1S/C17H16F3NO2/c18-17(19,20)13-6-4-12(5-7-13)2-1-3-16(23)21-14-8-10-15(22)11-9-14/h4-11,22H,1-3H2,(H,21,23). The molecule has 2 N–H and O–H groups in total. The largest absolute Gasteiger partial charge is 0.508 e. The highest BCUT2D eigenvalue weighted by molar-refractivity contribution is 5.90. The summed E-state index contributed by atoms with van der Waals surface area (Å²) in [6.45, 7) is 0. The van der Waals surface area contributed by atoms with Crippen LogP contribution in [0.5, 0.6) is 5.75 Å². The molecule has 2 aromatic carbocycles. The van der Waals surface area contributed by atoms with Crippen LogP contribution >= 0.6 is 0 Å². The third-order valence-corrected chi connectivity index (χ3v) is 3.30. The highest BCUT2D eigenvalue weighted by Gasteiger charge is 2.29. The molecule has 0 saturated heterocycles. The maximum Gasteiger partial charge on any atom is 0.416 e. The number of nitrogens with one attached hydrogen (secondary N) is 1. The average Bonchev–Trinajstić information content (AvgIpc) is 2.49. The Kier molecular flexibility index (Phi) is 5.26. The number of phenols is 1. The molecular formula is C17H16F3NO2. The summed E-state index contributed by atoms with van der Waals surface area (Å²) < 4.78 is 37.3. The van der Waals surface area contributed by atoms with Gasteiger partial charge in [-0.2, -0.15) is 13.2 Å². The second kappa shape index (κ2) is 7.17. The molecule has 0 spiro atoms. The van der Waals surface area contributed by atoms with Crippen molar-refractivity contribution in [2.24, 2.45) is 0 Å². The first-order valence-corrected chi connectivity index (χ1v) is 7.09. The maximum atomic E-state index is 12.4. The first-order chi connectivity index (χ1) is 10.8. The van der Waals surface area contributed by atoms with Crippen LogP contribution in [-0.2, 0) is 17.4 Å². The number of aryl methyl sites for hydroxylation is 1. The Hall–Kier alpha value is -2.50. The quantitative estimate of drug-likeness (QED) is 0.803. The van der Waals surface area contributed by atoms with Gasteiger partial charge in [0.05, 0.1) is 5.56 Å². The fourth-order valence-electron chi connectivity index (χ4n) is 2.08. The topological polar surface area (TPSA) is 49.3 Å². The first kappa shape index (κ1) is 16.9. The van der Waals surface area contributed by atoms with E-state index in [4.69, 9.17) is 5.11 Å². The number of aromatic hydroxyl groups is 1. The van der Waals surface area contributed by atoms with E-state index in [0.29, 0.717) is 18.5 Å². The molecule has 1 amide bonds. The zero-order valence-corrected chi connectivity index (χ0v) is 12.2. The Bertz CT molecular complexity index is 649. The van der Waals surface area contributed by atoms with Gasteiger partial charge in [-0.3, -0.25) is 4.79 Å². The molecule has 0 atom stereocenters. The number of benzene rings is 2. The number of phenolic OH excluding ortho intramolecular Hbond substituents is 1. The van der Waals surface area contributed by atoms with Crippen LogP contribution in [0.25, 0.3) is 0 Å². The van der Waals surface area contributed by atoms with Gasteiger partial charge in [0, 0.05) is 12.1 Å². The number of hydrogen-bond acceptors (Lipinski definition) is 2. The molecule has 0 aromatic heterocycles. The second-order valence-electron chi connectivity index (χ2n) is 5.14. The summed E-state index contributed by atoms with van der Waals surface area (Å²) in [6, 6.07) is 11.1. The summed E-state index contributed by atoms with van der Waals surface area (Å²) in [6.07, 6.45) is -3.00. The lowest BCUT2D eigenvalue weighted by Crippen LogP contribution is -2.11. The molecule has 2 aromatic rings. The number of carbonyl (C=O) groups excluding carboxylic acids is 1. The van der Waals surface area contributed by atoms with Crippen LogP contribution in [0, 0.1) is 0 Å². The van der Waals surface area contributed by atoms with Gasteiger partial charge >= 0.3 is 6.18 Å². The second-order valence-corrected chi connectivity index (χ2v) is 5.14. The van der Waals surface area contributed by atoms with Crippen LogP contribution in [0.1, 0.15) is 24.0 Å². The molecule has 0 aliphatic rings. The Balaban J connectivity index is 1.78. The van der Waals surface area contributed by atoms with Crippen molar-refractivity contribution in [2.45, 2.75) is 25.4 Å². The van der Waals surface area contributed by atoms with Gasteiger partial charge in [0.1, 0.15) is 5.75 Å². The summed E-state index contributed by atoms with van der Waals surface area (Å²) in [5, 5.41) is 11.8. The summed E-state index contributed by atoms with van der Waals surface area (Å²) >= 11 is 0. The van der Waals surface area contributed by atoms with E-state index in [1.165, 1.54) is 24.3 Å². The van der Waals surface area contributed by atoms with Gasteiger partial charge in [-0.1, -0.05) is 12.1 Å². The molecular weight excluding hydrogens is 307 g/mol. The minimum absolute atomic E-state index is 0.116. The molecule has 0 heterocycles. The van der Waals surface area contributed by atoms with Crippen LogP contribution in [0.15, 0.2) is 48.5 Å². The first-order valence-electron chi connectivity index (χ1n) is 7.09. The Morgan fingerprint density at radius 1 is 1.00 bits per heavy atom. The number of anilines is 1. The van der Waals surface area contributed by atoms with Crippen LogP contribution in [-0.4, -0.2) is 11.0 Å². The fourth-order valence-corrected chi connectivity index (χ4v) is 2.08. The maximum absolute atomic E-state index is 12.4. The summed E-state index contributed by atoms with van der Waals surface area (Å²) in [4.78, 5) is 11.8. The fraction of sp³-hybridized carbons (Fsp3) is 0.235. The SMILES string of the molecule is O=C(CCCc1ccc(C(F)(F)F)cc1)Nc1ccc(O)cc1. The number of amides is 1. The summed E-state index contributed by atoms with van der Waals surface area (Å²) in [7, 11) is 0. The van der Waals surface area contributed by atoms with Gasteiger partial charge in [-0.25, -0.2) is 0 Å². The van der Waals surface area contributed by atoms with E-state index in [1.807, 2.05) is 0 Å². The Morgan fingerprint density at radius 2 is 1.61 bits per heavy atom. The number of carbonyl (C=O) groups is 1. The number of alkyl halides is 3. The number of hydrogen-bond donors (Lipinski definition) is 2. The third-order valence-electron chi connectivity index (χ3n) is 3.30. The van der Waals surface area contributed by atoms with Crippen LogP contribution in [0.2, 0.25) is 0 Å². The highest BCUT2D eigenvalue weighted by Crippen LogP contribution is 2.29. The van der Waals surface area contributed by atoms with Crippen molar-refractivity contribution >= 4 is 11.6 Å². The monoisotopic (exact) mass is 323 g/mol. The van der Waals surface area contributed by atoms with Gasteiger partial charge in [-0.05, 0) is 54.8 Å². The normalized spacial score (nSPS) is 11.3. The molecule has 2 rings (SSSR count). The van der Waals surface area contributed by atoms with Crippen LogP contribution in [0.3, 0.4) is 0 Å². The molecule has 0 bridgehead atoms. The van der Waals surface area contributed by atoms with Crippen molar-refractivity contribution in [2.75, 3.05) is 5.32 Å². The zero-order valence-electron chi connectivity index (χ0n) is 12.2. The Labute approximate surface area is 131 Å². The van der Waals surface area contributed by atoms with Crippen molar-refractivity contribution in [3.05, 3.63) is 59.7 Å². The van der Waals surface area contributed by atoms with Crippen LogP contribution < -0.4 is 5.32 Å². The minimum Gasteiger partial charge on any atom is -0.508 e. The van der Waals surface area contributed by atoms with Crippen molar-refractivity contribution < 1.29 is 23.1 Å². The van der Waals surface area contributed by atoms with Crippen LogP contribution in [0.4, 0.5) is 18.9 Å². The molecule has 3 nitrogen and oxygen atoms in total. The van der Waals surface area contributed by atoms with E-state index in [0.717, 1.165) is 17.7 Å². The Morgan fingerprint density at radius 3 is 2.17 bits per heavy atom. The minimum atomic E-state index is -4.33. The van der Waals surface area contributed by atoms with E-state index in [-0.39, 0.29) is 18.1 Å². The highest BCUT2D eigenvalue weighted by atomic mass is 19.4. The third kappa shape index (κ3) is 5.32. The van der Waals surface area contributed by atoms with Gasteiger partial charge in [0.2, 0.25) is 5.91 Å². The van der Waals surface area contributed by atoms with E-state index < -0.39 is 11.7 Å². The molecule has 6 heteroatoms. The predicted molar refractivity (Wildman–Crippen MR) is 81.1 cm³/mol. The lowest BCUT2D eigenvalue weighted by Gasteiger charge is -2.08. The zero-order chi connectivity index (χ0) is 16.9. The van der Waals surface area contributed by atoms with Crippen molar-refractivity contribution in [3.8, 4) is 5.75 Å². The number of halogens is 3. The molecule has 23 heavy (non-hydrogen) atoms. The molecule has 0 saturated carbocycles. The average molecular weight is 323 g/mol. The molecule has 0 aliphatic carbocycles. The van der Waals surface area contributed by atoms with E-state index in [9.17, 15) is 18.0 Å². The van der Waals surface area contributed by atoms with E-state index in [1.54, 1.807) is 12.1 Å². The van der Waals surface area contributed by atoms with Gasteiger partial charge in [-0.15, -0.1) is 0 Å². The van der Waals surface area contributed by atoms with Gasteiger partial charge in [0.25, 0.3) is 0 Å². The molecule has 0 unspecified atom stereocenters.